The predicted molar refractivity (Wildman–Crippen MR) is 59.2 cm³/mol. The van der Waals surface area contributed by atoms with Crippen LogP contribution in [0.5, 0.6) is 0 Å². The Labute approximate surface area is 94.3 Å². The lowest BCUT2D eigenvalue weighted by atomic mass is 10.0. The molecule has 0 aliphatic rings. The van der Waals surface area contributed by atoms with E-state index >= 15 is 0 Å². The van der Waals surface area contributed by atoms with Crippen molar-refractivity contribution in [2.24, 2.45) is 5.92 Å². The molecule has 0 aromatic heterocycles. The van der Waals surface area contributed by atoms with Crippen molar-refractivity contribution in [3.8, 4) is 0 Å². The van der Waals surface area contributed by atoms with Gasteiger partial charge in [0.1, 0.15) is 0 Å². The van der Waals surface area contributed by atoms with Crippen molar-refractivity contribution >= 4 is 21.8 Å². The fourth-order valence-corrected chi connectivity index (χ4v) is 2.35. The number of benzene rings is 1. The van der Waals surface area contributed by atoms with Gasteiger partial charge in [0.2, 0.25) is 0 Å². The van der Waals surface area contributed by atoms with Gasteiger partial charge in [-0.1, -0.05) is 30.7 Å². The van der Waals surface area contributed by atoms with E-state index in [1.165, 1.54) is 0 Å². The van der Waals surface area contributed by atoms with E-state index in [0.29, 0.717) is 11.4 Å². The van der Waals surface area contributed by atoms with Crippen molar-refractivity contribution in [2.75, 3.05) is 5.75 Å². The Morgan fingerprint density at radius 2 is 1.87 bits per heavy atom. The van der Waals surface area contributed by atoms with Gasteiger partial charge in [0.05, 0.1) is 5.75 Å². The van der Waals surface area contributed by atoms with E-state index in [-0.39, 0.29) is 5.92 Å². The summed E-state index contributed by atoms with van der Waals surface area (Å²) in [4.78, 5) is 0. The Bertz CT molecular complexity index is 414. The Balaban J connectivity index is 2.59. The van der Waals surface area contributed by atoms with E-state index in [9.17, 15) is 12.3 Å². The van der Waals surface area contributed by atoms with Crippen LogP contribution in [0.4, 0.5) is 3.89 Å². The molecular formula is C10H12ClFO2S. The summed E-state index contributed by atoms with van der Waals surface area (Å²) < 4.78 is 33.2. The van der Waals surface area contributed by atoms with Crippen molar-refractivity contribution < 1.29 is 12.3 Å². The maximum atomic E-state index is 12.4. The highest BCUT2D eigenvalue weighted by atomic mass is 35.5. The van der Waals surface area contributed by atoms with E-state index in [1.807, 2.05) is 12.1 Å². The summed E-state index contributed by atoms with van der Waals surface area (Å²) in [6.07, 6.45) is 0.528. The highest BCUT2D eigenvalue weighted by Gasteiger charge is 2.14. The molecule has 15 heavy (non-hydrogen) atoms. The van der Waals surface area contributed by atoms with Crippen LogP contribution in [0.25, 0.3) is 0 Å². The molecule has 0 saturated heterocycles. The van der Waals surface area contributed by atoms with E-state index in [2.05, 4.69) is 0 Å². The van der Waals surface area contributed by atoms with Crippen LogP contribution < -0.4 is 0 Å². The second-order valence-corrected chi connectivity index (χ2v) is 5.49. The number of halogens is 2. The van der Waals surface area contributed by atoms with Gasteiger partial charge in [0, 0.05) is 5.02 Å². The van der Waals surface area contributed by atoms with Crippen LogP contribution in [-0.4, -0.2) is 14.2 Å². The molecule has 0 fully saturated rings. The molecule has 0 heterocycles. The molecule has 0 aliphatic heterocycles. The Morgan fingerprint density at radius 3 is 2.33 bits per heavy atom. The Kier molecular flexibility index (Phi) is 4.11. The molecule has 5 heteroatoms. The van der Waals surface area contributed by atoms with Crippen LogP contribution >= 0.6 is 11.6 Å². The van der Waals surface area contributed by atoms with Crippen LogP contribution in [0.3, 0.4) is 0 Å². The maximum absolute atomic E-state index is 12.4. The van der Waals surface area contributed by atoms with Gasteiger partial charge in [0.15, 0.2) is 0 Å². The van der Waals surface area contributed by atoms with Crippen molar-refractivity contribution in [3.05, 3.63) is 34.9 Å². The first-order chi connectivity index (χ1) is 6.87. The first-order valence-electron chi connectivity index (χ1n) is 4.53. The van der Waals surface area contributed by atoms with Crippen LogP contribution in [0.2, 0.25) is 5.02 Å². The van der Waals surface area contributed by atoms with Gasteiger partial charge in [-0.2, -0.15) is 8.42 Å². The predicted octanol–water partition coefficient (Wildman–Crippen LogP) is 2.82. The fraction of sp³-hybridized carbons (Fsp3) is 0.400. The van der Waals surface area contributed by atoms with Gasteiger partial charge in [-0.25, -0.2) is 0 Å². The van der Waals surface area contributed by atoms with Crippen LogP contribution in [0.1, 0.15) is 12.5 Å². The summed E-state index contributed by atoms with van der Waals surface area (Å²) in [6, 6.07) is 7.08. The lowest BCUT2D eigenvalue weighted by Gasteiger charge is -2.08. The lowest BCUT2D eigenvalue weighted by Crippen LogP contribution is -2.11. The molecular weight excluding hydrogens is 239 g/mol. The van der Waals surface area contributed by atoms with E-state index < -0.39 is 16.0 Å². The first kappa shape index (κ1) is 12.5. The zero-order valence-electron chi connectivity index (χ0n) is 8.28. The van der Waals surface area contributed by atoms with Gasteiger partial charge in [-0.05, 0) is 30.0 Å². The number of rotatable bonds is 4. The maximum Gasteiger partial charge on any atom is 0.302 e. The fourth-order valence-electron chi connectivity index (χ4n) is 1.42. The smallest absolute Gasteiger partial charge is 0.195 e. The first-order valence-corrected chi connectivity index (χ1v) is 6.46. The molecule has 0 amide bonds. The summed E-state index contributed by atoms with van der Waals surface area (Å²) in [6.45, 7) is 1.70. The highest BCUT2D eigenvalue weighted by Crippen LogP contribution is 2.14. The molecule has 0 aliphatic carbocycles. The minimum absolute atomic E-state index is 0.235. The number of hydrogen-bond acceptors (Lipinski definition) is 2. The molecule has 1 aromatic carbocycles. The molecule has 2 nitrogen and oxygen atoms in total. The van der Waals surface area contributed by atoms with Gasteiger partial charge in [0.25, 0.3) is 0 Å². The molecule has 0 saturated carbocycles. The van der Waals surface area contributed by atoms with Crippen LogP contribution in [0.15, 0.2) is 24.3 Å². The van der Waals surface area contributed by atoms with Gasteiger partial charge >= 0.3 is 10.2 Å². The third-order valence-electron chi connectivity index (χ3n) is 1.98. The quantitative estimate of drug-likeness (QED) is 0.770. The zero-order valence-corrected chi connectivity index (χ0v) is 9.85. The second-order valence-electron chi connectivity index (χ2n) is 3.64. The zero-order chi connectivity index (χ0) is 11.5. The Morgan fingerprint density at radius 1 is 1.33 bits per heavy atom. The summed E-state index contributed by atoms with van der Waals surface area (Å²) in [7, 11) is -4.38. The van der Waals surface area contributed by atoms with Crippen molar-refractivity contribution in [1.29, 1.82) is 0 Å². The molecule has 0 bridgehead atoms. The summed E-state index contributed by atoms with van der Waals surface area (Å²) in [5.74, 6) is -0.670. The standard InChI is InChI=1S/C10H12ClFO2S/c1-8(7-15(12,13)14)6-9-2-4-10(11)5-3-9/h2-5,8H,6-7H2,1H3. The van der Waals surface area contributed by atoms with Gasteiger partial charge < -0.3 is 0 Å². The average Bonchev–Trinajstić information content (AvgIpc) is 2.05. The third kappa shape index (κ3) is 5.14. The molecule has 0 N–H and O–H groups in total. The lowest BCUT2D eigenvalue weighted by molar-refractivity contribution is 0.530. The van der Waals surface area contributed by atoms with E-state index in [0.717, 1.165) is 5.56 Å². The number of hydrogen-bond donors (Lipinski definition) is 0. The molecule has 0 radical (unpaired) electrons. The molecule has 1 unspecified atom stereocenters. The van der Waals surface area contributed by atoms with Crippen molar-refractivity contribution in [2.45, 2.75) is 13.3 Å². The highest BCUT2D eigenvalue weighted by molar-refractivity contribution is 7.86. The van der Waals surface area contributed by atoms with Crippen molar-refractivity contribution in [3.63, 3.8) is 0 Å². The largest absolute Gasteiger partial charge is 0.302 e. The minimum Gasteiger partial charge on any atom is -0.195 e. The van der Waals surface area contributed by atoms with Gasteiger partial charge in [-0.3, -0.25) is 0 Å². The van der Waals surface area contributed by atoms with E-state index in [4.69, 9.17) is 11.6 Å². The monoisotopic (exact) mass is 250 g/mol. The average molecular weight is 251 g/mol. The molecule has 1 rings (SSSR count). The molecule has 0 spiro atoms. The third-order valence-corrected chi connectivity index (χ3v) is 3.20. The summed E-state index contributed by atoms with van der Waals surface area (Å²) in [5.41, 5.74) is 0.954. The molecule has 84 valence electrons. The minimum atomic E-state index is -4.38. The Hall–Kier alpha value is -0.610. The summed E-state index contributed by atoms with van der Waals surface area (Å²) in [5, 5.41) is 0.629. The van der Waals surface area contributed by atoms with Crippen LogP contribution in [-0.2, 0) is 16.6 Å². The van der Waals surface area contributed by atoms with E-state index in [1.54, 1.807) is 19.1 Å². The van der Waals surface area contributed by atoms with Crippen molar-refractivity contribution in [1.82, 2.24) is 0 Å². The molecule has 1 atom stereocenters. The van der Waals surface area contributed by atoms with Crippen LogP contribution in [0, 0.1) is 5.92 Å². The molecule has 1 aromatic rings. The normalized spacial score (nSPS) is 13.8. The summed E-state index contributed by atoms with van der Waals surface area (Å²) >= 11 is 5.70. The topological polar surface area (TPSA) is 34.1 Å². The van der Waals surface area contributed by atoms with Gasteiger partial charge in [-0.15, -0.1) is 3.89 Å². The SMILES string of the molecule is CC(Cc1ccc(Cl)cc1)CS(=O)(=O)F. The second kappa shape index (κ2) is 4.94.